The first-order valence-electron chi connectivity index (χ1n) is 7.85. The van der Waals surface area contributed by atoms with Crippen LogP contribution in [0.15, 0.2) is 0 Å². The van der Waals surface area contributed by atoms with E-state index in [0.717, 1.165) is 38.5 Å². The highest BCUT2D eigenvalue weighted by Gasteiger charge is 2.34. The van der Waals surface area contributed by atoms with E-state index in [9.17, 15) is 15.0 Å². The molecule has 6 heteroatoms. The van der Waals surface area contributed by atoms with Crippen molar-refractivity contribution >= 4 is 5.97 Å². The van der Waals surface area contributed by atoms with Crippen LogP contribution in [0.5, 0.6) is 0 Å². The maximum Gasteiger partial charge on any atom is 0.303 e. The van der Waals surface area contributed by atoms with Gasteiger partial charge in [-0.05, 0) is 19.8 Å². The van der Waals surface area contributed by atoms with Crippen molar-refractivity contribution in [2.75, 3.05) is 6.61 Å². The van der Waals surface area contributed by atoms with E-state index in [4.69, 9.17) is 14.6 Å². The molecular weight excluding hydrogens is 276 g/mol. The Morgan fingerprint density at radius 2 is 1.71 bits per heavy atom. The van der Waals surface area contributed by atoms with Crippen LogP contribution >= 0.6 is 0 Å². The SMILES string of the molecule is C[C@@H]1O[C@@H](OCCCCCCCCC(=O)O)[C@H](O)C[C@H]1O. The van der Waals surface area contributed by atoms with E-state index in [1.165, 1.54) is 0 Å². The van der Waals surface area contributed by atoms with Crippen molar-refractivity contribution in [3.63, 3.8) is 0 Å². The fourth-order valence-corrected chi connectivity index (χ4v) is 2.38. The summed E-state index contributed by atoms with van der Waals surface area (Å²) in [6, 6.07) is 0. The summed E-state index contributed by atoms with van der Waals surface area (Å²) in [6.45, 7) is 2.30. The van der Waals surface area contributed by atoms with Crippen molar-refractivity contribution in [1.82, 2.24) is 0 Å². The van der Waals surface area contributed by atoms with Crippen LogP contribution in [0.4, 0.5) is 0 Å². The van der Waals surface area contributed by atoms with Crippen LogP contribution in [0.25, 0.3) is 0 Å². The van der Waals surface area contributed by atoms with Gasteiger partial charge in [0.05, 0.1) is 12.2 Å². The predicted octanol–water partition coefficient (Wildman–Crippen LogP) is 1.68. The van der Waals surface area contributed by atoms with Gasteiger partial charge >= 0.3 is 5.97 Å². The van der Waals surface area contributed by atoms with E-state index in [0.29, 0.717) is 6.61 Å². The number of ether oxygens (including phenoxy) is 2. The zero-order valence-electron chi connectivity index (χ0n) is 12.7. The lowest BCUT2D eigenvalue weighted by Gasteiger charge is -2.35. The number of carbonyl (C=O) groups is 1. The van der Waals surface area contributed by atoms with Crippen LogP contribution in [-0.4, -0.2) is 52.5 Å². The van der Waals surface area contributed by atoms with E-state index in [1.54, 1.807) is 6.92 Å². The third-order valence-corrected chi connectivity index (χ3v) is 3.75. The van der Waals surface area contributed by atoms with Crippen LogP contribution in [0.1, 0.15) is 58.3 Å². The Balaban J connectivity index is 1.95. The fourth-order valence-electron chi connectivity index (χ4n) is 2.38. The van der Waals surface area contributed by atoms with Crippen molar-refractivity contribution < 1.29 is 29.6 Å². The summed E-state index contributed by atoms with van der Waals surface area (Å²) in [7, 11) is 0. The van der Waals surface area contributed by atoms with Crippen LogP contribution in [-0.2, 0) is 14.3 Å². The van der Waals surface area contributed by atoms with Gasteiger partial charge in [-0.2, -0.15) is 0 Å². The molecule has 0 aliphatic carbocycles. The molecule has 0 aromatic heterocycles. The monoisotopic (exact) mass is 304 g/mol. The number of hydrogen-bond acceptors (Lipinski definition) is 5. The standard InChI is InChI=1S/C15H28O6/c1-11-12(16)10-13(17)15(21-11)20-9-7-5-3-2-4-6-8-14(18)19/h11-13,15-17H,2-10H2,1H3,(H,18,19)/t11-,12+,13+,15+/m0/s1. The molecule has 0 aromatic carbocycles. The molecule has 1 aliphatic heterocycles. The summed E-state index contributed by atoms with van der Waals surface area (Å²) in [5.41, 5.74) is 0. The molecule has 21 heavy (non-hydrogen) atoms. The van der Waals surface area contributed by atoms with Crippen molar-refractivity contribution in [1.29, 1.82) is 0 Å². The molecule has 0 unspecified atom stereocenters. The van der Waals surface area contributed by atoms with E-state index in [-0.39, 0.29) is 18.9 Å². The molecule has 1 rings (SSSR count). The van der Waals surface area contributed by atoms with Gasteiger partial charge in [0.1, 0.15) is 6.10 Å². The summed E-state index contributed by atoms with van der Waals surface area (Å²) in [6.07, 6.45) is 3.90. The molecule has 4 atom stereocenters. The van der Waals surface area contributed by atoms with Gasteiger partial charge in [-0.1, -0.05) is 25.7 Å². The number of rotatable bonds is 10. The smallest absolute Gasteiger partial charge is 0.303 e. The zero-order valence-corrected chi connectivity index (χ0v) is 12.7. The number of aliphatic hydroxyl groups excluding tert-OH is 2. The summed E-state index contributed by atoms with van der Waals surface area (Å²) in [5, 5.41) is 27.8. The second-order valence-corrected chi connectivity index (χ2v) is 5.72. The summed E-state index contributed by atoms with van der Waals surface area (Å²) < 4.78 is 10.9. The molecule has 1 aliphatic rings. The first kappa shape index (κ1) is 18.4. The molecule has 6 nitrogen and oxygen atoms in total. The van der Waals surface area contributed by atoms with Gasteiger partial charge in [0.2, 0.25) is 0 Å². The lowest BCUT2D eigenvalue weighted by Crippen LogP contribution is -2.47. The van der Waals surface area contributed by atoms with Gasteiger partial charge in [-0.25, -0.2) is 0 Å². The molecule has 0 aromatic rings. The highest BCUT2D eigenvalue weighted by atomic mass is 16.7. The van der Waals surface area contributed by atoms with Crippen molar-refractivity contribution in [3.8, 4) is 0 Å². The van der Waals surface area contributed by atoms with Gasteiger partial charge in [-0.15, -0.1) is 0 Å². The molecule has 0 spiro atoms. The molecule has 124 valence electrons. The minimum absolute atomic E-state index is 0.254. The number of aliphatic hydroxyl groups is 2. The third-order valence-electron chi connectivity index (χ3n) is 3.75. The second kappa shape index (κ2) is 10.1. The van der Waals surface area contributed by atoms with Crippen molar-refractivity contribution in [2.45, 2.75) is 82.9 Å². The largest absolute Gasteiger partial charge is 0.481 e. The van der Waals surface area contributed by atoms with Crippen LogP contribution in [0.3, 0.4) is 0 Å². The lowest BCUT2D eigenvalue weighted by molar-refractivity contribution is -0.261. The van der Waals surface area contributed by atoms with E-state index in [2.05, 4.69) is 0 Å². The van der Waals surface area contributed by atoms with Gasteiger partial charge in [0, 0.05) is 19.4 Å². The highest BCUT2D eigenvalue weighted by Crippen LogP contribution is 2.21. The topological polar surface area (TPSA) is 96.2 Å². The van der Waals surface area contributed by atoms with E-state index >= 15 is 0 Å². The number of hydrogen-bond donors (Lipinski definition) is 3. The van der Waals surface area contributed by atoms with Crippen LogP contribution in [0.2, 0.25) is 0 Å². The minimum Gasteiger partial charge on any atom is -0.481 e. The van der Waals surface area contributed by atoms with Crippen molar-refractivity contribution in [2.24, 2.45) is 0 Å². The molecule has 0 saturated carbocycles. The van der Waals surface area contributed by atoms with Gasteiger partial charge < -0.3 is 24.8 Å². The number of unbranched alkanes of at least 4 members (excludes halogenated alkanes) is 5. The molecule has 0 amide bonds. The number of carboxylic acids is 1. The first-order valence-corrected chi connectivity index (χ1v) is 7.85. The Kier molecular flexibility index (Phi) is 8.84. The molecule has 1 heterocycles. The Labute approximate surface area is 126 Å². The zero-order chi connectivity index (χ0) is 15.7. The van der Waals surface area contributed by atoms with E-state index < -0.39 is 24.5 Å². The normalized spacial score (nSPS) is 29.5. The Morgan fingerprint density at radius 1 is 1.10 bits per heavy atom. The maximum atomic E-state index is 10.3. The summed E-state index contributed by atoms with van der Waals surface area (Å²) >= 11 is 0. The minimum atomic E-state index is -0.771. The highest BCUT2D eigenvalue weighted by molar-refractivity contribution is 5.66. The average molecular weight is 304 g/mol. The molecule has 0 radical (unpaired) electrons. The molecule has 1 fully saturated rings. The first-order chi connectivity index (χ1) is 10.0. The summed E-state index contributed by atoms with van der Waals surface area (Å²) in [5.74, 6) is -0.728. The third kappa shape index (κ3) is 7.76. The van der Waals surface area contributed by atoms with Crippen LogP contribution < -0.4 is 0 Å². The Morgan fingerprint density at radius 3 is 2.38 bits per heavy atom. The lowest BCUT2D eigenvalue weighted by atomic mass is 10.0. The number of aliphatic carboxylic acids is 1. The molecule has 0 bridgehead atoms. The van der Waals surface area contributed by atoms with Gasteiger partial charge in [0.25, 0.3) is 0 Å². The Bertz CT molecular complexity index is 296. The van der Waals surface area contributed by atoms with Crippen LogP contribution in [0, 0.1) is 0 Å². The second-order valence-electron chi connectivity index (χ2n) is 5.72. The van der Waals surface area contributed by atoms with Gasteiger partial charge in [0.15, 0.2) is 6.29 Å². The molecule has 3 N–H and O–H groups in total. The fraction of sp³-hybridized carbons (Fsp3) is 0.933. The molecule has 1 saturated heterocycles. The predicted molar refractivity (Wildman–Crippen MR) is 76.9 cm³/mol. The Hall–Kier alpha value is -0.690. The average Bonchev–Trinajstić information content (AvgIpc) is 2.42. The van der Waals surface area contributed by atoms with Crippen molar-refractivity contribution in [3.05, 3.63) is 0 Å². The maximum absolute atomic E-state index is 10.3. The number of carboxylic acid groups (broad SMARTS) is 1. The summed E-state index contributed by atoms with van der Waals surface area (Å²) in [4.78, 5) is 10.3. The van der Waals surface area contributed by atoms with E-state index in [1.807, 2.05) is 0 Å². The quantitative estimate of drug-likeness (QED) is 0.531. The molecular formula is C15H28O6. The van der Waals surface area contributed by atoms with Gasteiger partial charge in [-0.3, -0.25) is 4.79 Å².